The molecule has 15 heavy (non-hydrogen) atoms. The van der Waals surface area contributed by atoms with Crippen molar-refractivity contribution < 1.29 is 5.11 Å². The van der Waals surface area contributed by atoms with E-state index in [0.29, 0.717) is 0 Å². The average molecular weight is 206 g/mol. The van der Waals surface area contributed by atoms with Crippen molar-refractivity contribution in [1.82, 2.24) is 4.90 Å². The summed E-state index contributed by atoms with van der Waals surface area (Å²) in [5.74, 6) is 0. The lowest BCUT2D eigenvalue weighted by Crippen LogP contribution is -2.36. The number of hydrogen-bond acceptors (Lipinski definition) is 3. The predicted molar refractivity (Wildman–Crippen MR) is 61.7 cm³/mol. The van der Waals surface area contributed by atoms with Gasteiger partial charge in [-0.15, -0.1) is 0 Å². The second-order valence-electron chi connectivity index (χ2n) is 3.98. The molecule has 0 amide bonds. The van der Waals surface area contributed by atoms with Crippen LogP contribution in [0.3, 0.4) is 0 Å². The second-order valence-corrected chi connectivity index (χ2v) is 3.98. The molecule has 3 nitrogen and oxygen atoms in total. The molecule has 0 aliphatic carbocycles. The number of likely N-dealkylation sites (tertiary alicyclic amines) is 1. The van der Waals surface area contributed by atoms with Gasteiger partial charge in [-0.25, -0.2) is 0 Å². The summed E-state index contributed by atoms with van der Waals surface area (Å²) in [7, 11) is 0. The van der Waals surface area contributed by atoms with Crippen LogP contribution in [0.5, 0.6) is 0 Å². The van der Waals surface area contributed by atoms with Gasteiger partial charge in [-0.05, 0) is 38.1 Å². The van der Waals surface area contributed by atoms with Crippen molar-refractivity contribution in [3.05, 3.63) is 30.3 Å². The van der Waals surface area contributed by atoms with Crippen LogP contribution in [0.25, 0.3) is 0 Å². The SMILES string of the molecule is OCN(CN1CCCC1)c1ccccc1. The van der Waals surface area contributed by atoms with Gasteiger partial charge < -0.3 is 10.0 Å². The van der Waals surface area contributed by atoms with Gasteiger partial charge in [0.15, 0.2) is 0 Å². The van der Waals surface area contributed by atoms with Gasteiger partial charge in [0.2, 0.25) is 0 Å². The largest absolute Gasteiger partial charge is 0.376 e. The molecule has 3 heteroatoms. The standard InChI is InChI=1S/C12H18N2O/c15-11-14(10-13-8-4-5-9-13)12-6-2-1-3-7-12/h1-3,6-7,15H,4-5,8-11H2. The molecule has 0 atom stereocenters. The van der Waals surface area contributed by atoms with E-state index in [0.717, 1.165) is 25.4 Å². The van der Waals surface area contributed by atoms with Gasteiger partial charge in [0.1, 0.15) is 6.73 Å². The van der Waals surface area contributed by atoms with Crippen LogP contribution in [0.1, 0.15) is 12.8 Å². The van der Waals surface area contributed by atoms with Gasteiger partial charge in [-0.2, -0.15) is 0 Å². The molecule has 82 valence electrons. The van der Waals surface area contributed by atoms with Crippen LogP contribution in [0.15, 0.2) is 30.3 Å². The number of rotatable bonds is 4. The summed E-state index contributed by atoms with van der Waals surface area (Å²) in [5, 5.41) is 9.34. The highest BCUT2D eigenvalue weighted by Crippen LogP contribution is 2.15. The van der Waals surface area contributed by atoms with E-state index in [9.17, 15) is 5.11 Å². The zero-order valence-corrected chi connectivity index (χ0v) is 8.97. The summed E-state index contributed by atoms with van der Waals surface area (Å²) in [6.45, 7) is 3.23. The Kier molecular flexibility index (Phi) is 3.59. The molecule has 1 aliphatic rings. The summed E-state index contributed by atoms with van der Waals surface area (Å²) in [4.78, 5) is 4.37. The molecule has 0 aromatic heterocycles. The number of para-hydroxylation sites is 1. The molecule has 0 unspecified atom stereocenters. The Bertz CT molecular complexity index is 283. The summed E-state index contributed by atoms with van der Waals surface area (Å²) in [6.07, 6.45) is 2.57. The average Bonchev–Trinajstić information content (AvgIpc) is 2.80. The predicted octanol–water partition coefficient (Wildman–Crippen LogP) is 1.50. The van der Waals surface area contributed by atoms with E-state index in [-0.39, 0.29) is 6.73 Å². The van der Waals surface area contributed by atoms with Crippen molar-refractivity contribution in [2.75, 3.05) is 31.4 Å². The molecule has 1 fully saturated rings. The molecule has 0 spiro atoms. The summed E-state index contributed by atoms with van der Waals surface area (Å²) in [6, 6.07) is 10.1. The van der Waals surface area contributed by atoms with Crippen LogP contribution in [-0.2, 0) is 0 Å². The third kappa shape index (κ3) is 2.70. The number of hydrogen-bond donors (Lipinski definition) is 1. The Morgan fingerprint density at radius 1 is 1.13 bits per heavy atom. The Morgan fingerprint density at radius 2 is 1.80 bits per heavy atom. The minimum absolute atomic E-state index is 0.0838. The summed E-state index contributed by atoms with van der Waals surface area (Å²) in [5.41, 5.74) is 1.09. The highest BCUT2D eigenvalue weighted by atomic mass is 16.3. The van der Waals surface area contributed by atoms with E-state index in [2.05, 4.69) is 4.90 Å². The van der Waals surface area contributed by atoms with Crippen LogP contribution in [0.2, 0.25) is 0 Å². The van der Waals surface area contributed by atoms with Gasteiger partial charge in [-0.1, -0.05) is 18.2 Å². The zero-order chi connectivity index (χ0) is 10.5. The molecule has 1 aliphatic heterocycles. The summed E-state index contributed by atoms with van der Waals surface area (Å²) >= 11 is 0. The number of benzene rings is 1. The van der Waals surface area contributed by atoms with Crippen LogP contribution in [0, 0.1) is 0 Å². The fraction of sp³-hybridized carbons (Fsp3) is 0.500. The maximum Gasteiger partial charge on any atom is 0.116 e. The Balaban J connectivity index is 1.97. The number of nitrogens with zero attached hydrogens (tertiary/aromatic N) is 2. The van der Waals surface area contributed by atoms with E-state index in [1.54, 1.807) is 0 Å². The maximum absolute atomic E-state index is 9.34. The van der Waals surface area contributed by atoms with Crippen molar-refractivity contribution in [3.8, 4) is 0 Å². The van der Waals surface area contributed by atoms with Crippen LogP contribution in [-0.4, -0.2) is 36.5 Å². The molecule has 1 heterocycles. The lowest BCUT2D eigenvalue weighted by atomic mass is 10.3. The van der Waals surface area contributed by atoms with Gasteiger partial charge >= 0.3 is 0 Å². The van der Waals surface area contributed by atoms with Crippen LogP contribution in [0.4, 0.5) is 5.69 Å². The second kappa shape index (κ2) is 5.14. The van der Waals surface area contributed by atoms with E-state index in [1.807, 2.05) is 35.2 Å². The number of aliphatic hydroxyl groups excluding tert-OH is 1. The first kappa shape index (κ1) is 10.5. The Hall–Kier alpha value is -1.06. The first-order chi connectivity index (χ1) is 7.40. The monoisotopic (exact) mass is 206 g/mol. The van der Waals surface area contributed by atoms with E-state index in [1.165, 1.54) is 12.8 Å². The molecule has 1 aromatic rings. The van der Waals surface area contributed by atoms with E-state index < -0.39 is 0 Å². The quantitative estimate of drug-likeness (QED) is 0.756. The smallest absolute Gasteiger partial charge is 0.116 e. The molecule has 1 saturated heterocycles. The molecular formula is C12H18N2O. The third-order valence-electron chi connectivity index (χ3n) is 2.86. The highest BCUT2D eigenvalue weighted by molar-refractivity contribution is 5.45. The van der Waals surface area contributed by atoms with Crippen LogP contribution >= 0.6 is 0 Å². The molecule has 0 radical (unpaired) electrons. The molecule has 1 aromatic carbocycles. The van der Waals surface area contributed by atoms with Crippen molar-refractivity contribution in [2.45, 2.75) is 12.8 Å². The summed E-state index contributed by atoms with van der Waals surface area (Å²) < 4.78 is 0. The first-order valence-corrected chi connectivity index (χ1v) is 5.53. The topological polar surface area (TPSA) is 26.7 Å². The maximum atomic E-state index is 9.34. The molecule has 1 N–H and O–H groups in total. The minimum Gasteiger partial charge on any atom is -0.376 e. The zero-order valence-electron chi connectivity index (χ0n) is 8.97. The van der Waals surface area contributed by atoms with Crippen LogP contribution < -0.4 is 4.90 Å². The molecule has 0 saturated carbocycles. The highest BCUT2D eigenvalue weighted by Gasteiger charge is 2.14. The van der Waals surface area contributed by atoms with E-state index >= 15 is 0 Å². The Labute approximate surface area is 90.9 Å². The van der Waals surface area contributed by atoms with Gasteiger partial charge in [0.25, 0.3) is 0 Å². The third-order valence-corrected chi connectivity index (χ3v) is 2.86. The number of anilines is 1. The molecular weight excluding hydrogens is 188 g/mol. The van der Waals surface area contributed by atoms with Gasteiger partial charge in [0, 0.05) is 5.69 Å². The fourth-order valence-electron chi connectivity index (χ4n) is 2.01. The van der Waals surface area contributed by atoms with Crippen molar-refractivity contribution >= 4 is 5.69 Å². The molecule has 2 rings (SSSR count). The normalized spacial score (nSPS) is 16.9. The van der Waals surface area contributed by atoms with Crippen molar-refractivity contribution in [3.63, 3.8) is 0 Å². The lowest BCUT2D eigenvalue weighted by Gasteiger charge is -2.27. The molecule has 0 bridgehead atoms. The minimum atomic E-state index is 0.0838. The Morgan fingerprint density at radius 3 is 2.40 bits per heavy atom. The number of aliphatic hydroxyl groups is 1. The van der Waals surface area contributed by atoms with E-state index in [4.69, 9.17) is 0 Å². The fourth-order valence-corrected chi connectivity index (χ4v) is 2.01. The van der Waals surface area contributed by atoms with Crippen molar-refractivity contribution in [1.29, 1.82) is 0 Å². The van der Waals surface area contributed by atoms with Gasteiger partial charge in [0.05, 0.1) is 6.67 Å². The van der Waals surface area contributed by atoms with Crippen molar-refractivity contribution in [2.24, 2.45) is 0 Å². The first-order valence-electron chi connectivity index (χ1n) is 5.53. The lowest BCUT2D eigenvalue weighted by molar-refractivity contribution is 0.249. The van der Waals surface area contributed by atoms with Gasteiger partial charge in [-0.3, -0.25) is 4.90 Å².